The molecule has 9 heteroatoms. The molecular formula is C22H26ClN3O4S. The third-order valence-corrected chi connectivity index (χ3v) is 7.30. The van der Waals surface area contributed by atoms with Gasteiger partial charge in [-0.15, -0.1) is 0 Å². The van der Waals surface area contributed by atoms with Crippen molar-refractivity contribution >= 4 is 39.1 Å². The van der Waals surface area contributed by atoms with E-state index in [-0.39, 0.29) is 29.7 Å². The van der Waals surface area contributed by atoms with E-state index < -0.39 is 10.0 Å². The smallest absolute Gasteiger partial charge is 0.252 e. The molecule has 0 unspecified atom stereocenters. The van der Waals surface area contributed by atoms with Crippen molar-refractivity contribution in [2.75, 3.05) is 25.0 Å². The zero-order valence-electron chi connectivity index (χ0n) is 17.1. The van der Waals surface area contributed by atoms with E-state index in [0.717, 1.165) is 25.7 Å². The van der Waals surface area contributed by atoms with Crippen LogP contribution in [-0.2, 0) is 14.8 Å². The van der Waals surface area contributed by atoms with Crippen LogP contribution in [0, 0.1) is 0 Å². The first kappa shape index (κ1) is 23.2. The normalized spacial score (nSPS) is 15.1. The Morgan fingerprint density at radius 2 is 1.68 bits per heavy atom. The first-order valence-corrected chi connectivity index (χ1v) is 12.1. The van der Waals surface area contributed by atoms with Crippen LogP contribution in [0.1, 0.15) is 42.5 Å². The Morgan fingerprint density at radius 1 is 0.968 bits per heavy atom. The van der Waals surface area contributed by atoms with E-state index in [0.29, 0.717) is 29.4 Å². The lowest BCUT2D eigenvalue weighted by atomic mass is 10.2. The van der Waals surface area contributed by atoms with Gasteiger partial charge in [0.2, 0.25) is 15.9 Å². The van der Waals surface area contributed by atoms with Crippen molar-refractivity contribution in [3.8, 4) is 0 Å². The highest BCUT2D eigenvalue weighted by molar-refractivity contribution is 7.89. The molecule has 0 aliphatic carbocycles. The van der Waals surface area contributed by atoms with Gasteiger partial charge in [0.25, 0.3) is 5.91 Å². The average Bonchev–Trinajstić information content (AvgIpc) is 3.04. The number of nitrogens with zero attached hydrogens (tertiary/aromatic N) is 1. The van der Waals surface area contributed by atoms with E-state index in [1.165, 1.54) is 10.4 Å². The summed E-state index contributed by atoms with van der Waals surface area (Å²) in [5.74, 6) is -0.687. The quantitative estimate of drug-likeness (QED) is 0.654. The zero-order chi connectivity index (χ0) is 22.3. The van der Waals surface area contributed by atoms with Gasteiger partial charge in [-0.25, -0.2) is 8.42 Å². The Kier molecular flexibility index (Phi) is 8.06. The van der Waals surface area contributed by atoms with Crippen LogP contribution >= 0.6 is 11.6 Å². The number of halogens is 1. The van der Waals surface area contributed by atoms with Gasteiger partial charge in [0.15, 0.2) is 0 Å². The molecule has 1 aliphatic rings. The highest BCUT2D eigenvalue weighted by Gasteiger charge is 2.25. The van der Waals surface area contributed by atoms with Gasteiger partial charge in [0.05, 0.1) is 15.5 Å². The molecule has 0 atom stereocenters. The lowest BCUT2D eigenvalue weighted by molar-refractivity contribution is -0.116. The van der Waals surface area contributed by atoms with Gasteiger partial charge in [0, 0.05) is 31.7 Å². The van der Waals surface area contributed by atoms with Crippen molar-refractivity contribution in [1.29, 1.82) is 0 Å². The van der Waals surface area contributed by atoms with Crippen LogP contribution in [0.25, 0.3) is 0 Å². The number of amides is 2. The van der Waals surface area contributed by atoms with Gasteiger partial charge < -0.3 is 10.6 Å². The van der Waals surface area contributed by atoms with Crippen molar-refractivity contribution in [1.82, 2.24) is 9.62 Å². The molecule has 2 N–H and O–H groups in total. The molecule has 0 aromatic heterocycles. The molecule has 2 amide bonds. The monoisotopic (exact) mass is 463 g/mol. The topological polar surface area (TPSA) is 95.6 Å². The summed E-state index contributed by atoms with van der Waals surface area (Å²) in [4.78, 5) is 24.6. The minimum absolute atomic E-state index is 0.0410. The number of hydrogen-bond acceptors (Lipinski definition) is 4. The summed E-state index contributed by atoms with van der Waals surface area (Å²) in [7, 11) is -3.59. The number of carbonyl (C=O) groups excluding carboxylic acids is 2. The Bertz CT molecular complexity index is 1030. The van der Waals surface area contributed by atoms with Crippen molar-refractivity contribution < 1.29 is 18.0 Å². The van der Waals surface area contributed by atoms with E-state index >= 15 is 0 Å². The summed E-state index contributed by atoms with van der Waals surface area (Å²) in [6, 6.07) is 12.9. The first-order valence-electron chi connectivity index (χ1n) is 10.3. The predicted octanol–water partition coefficient (Wildman–Crippen LogP) is 3.66. The number of hydrogen-bond donors (Lipinski definition) is 2. The Hall–Kier alpha value is -2.42. The molecule has 1 fully saturated rings. The molecule has 0 bridgehead atoms. The highest BCUT2D eigenvalue weighted by Crippen LogP contribution is 2.22. The van der Waals surface area contributed by atoms with E-state index in [4.69, 9.17) is 11.6 Å². The minimum atomic E-state index is -3.59. The minimum Gasteiger partial charge on any atom is -0.351 e. The van der Waals surface area contributed by atoms with Crippen molar-refractivity contribution in [2.24, 2.45) is 0 Å². The summed E-state index contributed by atoms with van der Waals surface area (Å²) < 4.78 is 27.4. The molecule has 2 aromatic rings. The summed E-state index contributed by atoms with van der Waals surface area (Å²) in [5.41, 5.74) is 0.745. The largest absolute Gasteiger partial charge is 0.351 e. The molecular weight excluding hydrogens is 438 g/mol. The molecule has 7 nitrogen and oxygen atoms in total. The molecule has 3 rings (SSSR count). The third kappa shape index (κ3) is 6.29. The van der Waals surface area contributed by atoms with Gasteiger partial charge in [-0.3, -0.25) is 9.59 Å². The van der Waals surface area contributed by atoms with Gasteiger partial charge in [-0.1, -0.05) is 42.6 Å². The number of sulfonamides is 1. The highest BCUT2D eigenvalue weighted by atomic mass is 35.5. The number of rotatable bonds is 7. The van der Waals surface area contributed by atoms with E-state index in [9.17, 15) is 18.0 Å². The second kappa shape index (κ2) is 10.7. The lowest BCUT2D eigenvalue weighted by Crippen LogP contribution is -2.32. The van der Waals surface area contributed by atoms with E-state index in [1.807, 2.05) is 0 Å². The van der Waals surface area contributed by atoms with Gasteiger partial charge in [-0.05, 0) is 43.2 Å². The third-order valence-electron chi connectivity index (χ3n) is 5.08. The average molecular weight is 464 g/mol. The van der Waals surface area contributed by atoms with Gasteiger partial charge in [-0.2, -0.15) is 4.31 Å². The maximum Gasteiger partial charge on any atom is 0.252 e. The predicted molar refractivity (Wildman–Crippen MR) is 121 cm³/mol. The second-order valence-corrected chi connectivity index (χ2v) is 9.73. The SMILES string of the molecule is O=C(CCNC(=O)c1ccccc1Cl)Nc1cccc(S(=O)(=O)N2CCCCCC2)c1. The van der Waals surface area contributed by atoms with E-state index in [2.05, 4.69) is 10.6 Å². The molecule has 31 heavy (non-hydrogen) atoms. The molecule has 0 spiro atoms. The lowest BCUT2D eigenvalue weighted by Gasteiger charge is -2.20. The fraction of sp³-hybridized carbons (Fsp3) is 0.364. The van der Waals surface area contributed by atoms with Crippen molar-refractivity contribution in [3.05, 3.63) is 59.1 Å². The van der Waals surface area contributed by atoms with Gasteiger partial charge in [0.1, 0.15) is 0 Å². The van der Waals surface area contributed by atoms with Crippen LogP contribution < -0.4 is 10.6 Å². The Labute approximate surface area is 187 Å². The molecule has 1 saturated heterocycles. The number of benzene rings is 2. The van der Waals surface area contributed by atoms with Crippen molar-refractivity contribution in [3.63, 3.8) is 0 Å². The maximum absolute atomic E-state index is 12.9. The van der Waals surface area contributed by atoms with Crippen LogP contribution in [0.15, 0.2) is 53.4 Å². The van der Waals surface area contributed by atoms with Crippen LogP contribution in [-0.4, -0.2) is 44.2 Å². The summed E-state index contributed by atoms with van der Waals surface area (Å²) in [5, 5.41) is 5.69. The second-order valence-electron chi connectivity index (χ2n) is 7.38. The summed E-state index contributed by atoms with van der Waals surface area (Å²) >= 11 is 5.99. The summed E-state index contributed by atoms with van der Waals surface area (Å²) in [6.45, 7) is 1.16. The van der Waals surface area contributed by atoms with Gasteiger partial charge >= 0.3 is 0 Å². The molecule has 0 saturated carbocycles. The molecule has 1 aliphatic heterocycles. The number of anilines is 1. The zero-order valence-corrected chi connectivity index (χ0v) is 18.7. The molecule has 1 heterocycles. The van der Waals surface area contributed by atoms with Crippen molar-refractivity contribution in [2.45, 2.75) is 37.0 Å². The van der Waals surface area contributed by atoms with Crippen LogP contribution in [0.2, 0.25) is 5.02 Å². The Morgan fingerprint density at radius 3 is 2.39 bits per heavy atom. The number of nitrogens with one attached hydrogen (secondary N) is 2. The molecule has 2 aromatic carbocycles. The Balaban J connectivity index is 1.56. The summed E-state index contributed by atoms with van der Waals surface area (Å²) in [6.07, 6.45) is 3.83. The molecule has 166 valence electrons. The van der Waals surface area contributed by atoms with Crippen LogP contribution in [0.4, 0.5) is 5.69 Å². The first-order chi connectivity index (χ1) is 14.9. The molecule has 0 radical (unpaired) electrons. The van der Waals surface area contributed by atoms with E-state index in [1.54, 1.807) is 42.5 Å². The fourth-order valence-corrected chi connectivity index (χ4v) is 5.20. The fourth-order valence-electron chi connectivity index (χ4n) is 3.42. The maximum atomic E-state index is 12.9. The standard InChI is InChI=1S/C22H26ClN3O4S/c23-20-11-4-3-10-19(20)22(28)24-13-12-21(27)25-17-8-7-9-18(16-17)31(29,30)26-14-5-1-2-6-15-26/h3-4,7-11,16H,1-2,5-6,12-15H2,(H,24,28)(H,25,27). The van der Waals surface area contributed by atoms with Crippen LogP contribution in [0.5, 0.6) is 0 Å². The number of carbonyl (C=O) groups is 2. The van der Waals surface area contributed by atoms with Crippen LogP contribution in [0.3, 0.4) is 0 Å².